The summed E-state index contributed by atoms with van der Waals surface area (Å²) in [6, 6.07) is 10.9. The fourth-order valence-corrected chi connectivity index (χ4v) is 3.45. The van der Waals surface area contributed by atoms with E-state index in [9.17, 15) is 13.2 Å². The molecule has 0 saturated heterocycles. The first-order valence-electron chi connectivity index (χ1n) is 6.79. The molecule has 0 fully saturated rings. The van der Waals surface area contributed by atoms with Gasteiger partial charge in [0.2, 0.25) is 9.84 Å². The van der Waals surface area contributed by atoms with Crippen LogP contribution < -0.4 is 10.5 Å². The van der Waals surface area contributed by atoms with Gasteiger partial charge in [-0.25, -0.2) is 8.42 Å². The van der Waals surface area contributed by atoms with E-state index in [0.717, 1.165) is 13.1 Å². The molecule has 0 bridgehead atoms. The van der Waals surface area contributed by atoms with Crippen molar-refractivity contribution in [2.24, 2.45) is 0 Å². The number of H-pyrrole nitrogens is 1. The van der Waals surface area contributed by atoms with E-state index in [0.29, 0.717) is 5.82 Å². The van der Waals surface area contributed by atoms with Gasteiger partial charge >= 0.3 is 0 Å². The van der Waals surface area contributed by atoms with Crippen LogP contribution in [-0.4, -0.2) is 26.5 Å². The molecule has 6 heteroatoms. The number of nitrogens with zero attached hydrogens (tertiary/aromatic N) is 1. The van der Waals surface area contributed by atoms with E-state index in [-0.39, 0.29) is 9.79 Å². The van der Waals surface area contributed by atoms with Crippen molar-refractivity contribution in [2.45, 2.75) is 23.6 Å². The van der Waals surface area contributed by atoms with Crippen molar-refractivity contribution in [2.75, 3.05) is 18.0 Å². The third-order valence-electron chi connectivity index (χ3n) is 3.31. The average molecular weight is 306 g/mol. The summed E-state index contributed by atoms with van der Waals surface area (Å²) in [4.78, 5) is 16.6. The van der Waals surface area contributed by atoms with Crippen LogP contribution in [0, 0.1) is 0 Å². The monoisotopic (exact) mass is 306 g/mol. The highest BCUT2D eigenvalue weighted by molar-refractivity contribution is 7.91. The summed E-state index contributed by atoms with van der Waals surface area (Å²) < 4.78 is 24.9. The minimum Gasteiger partial charge on any atom is -0.359 e. The number of aromatic amines is 1. The quantitative estimate of drug-likeness (QED) is 0.918. The maximum Gasteiger partial charge on any atom is 0.268 e. The van der Waals surface area contributed by atoms with Crippen LogP contribution in [0.4, 0.5) is 5.82 Å². The largest absolute Gasteiger partial charge is 0.359 e. The molecule has 0 saturated carbocycles. The Morgan fingerprint density at radius 1 is 1.00 bits per heavy atom. The van der Waals surface area contributed by atoms with Crippen LogP contribution in [0.3, 0.4) is 0 Å². The summed E-state index contributed by atoms with van der Waals surface area (Å²) in [7, 11) is -3.79. The Morgan fingerprint density at radius 2 is 1.62 bits per heavy atom. The molecule has 5 nitrogen and oxygen atoms in total. The molecule has 112 valence electrons. The first kappa shape index (κ1) is 15.3. The molecular formula is C15H18N2O3S. The second kappa shape index (κ2) is 6.13. The van der Waals surface area contributed by atoms with Crippen molar-refractivity contribution in [3.63, 3.8) is 0 Å². The van der Waals surface area contributed by atoms with Crippen molar-refractivity contribution in [3.05, 3.63) is 52.8 Å². The molecule has 21 heavy (non-hydrogen) atoms. The molecular weight excluding hydrogens is 288 g/mol. The standard InChI is InChI=1S/C15H18N2O3S/c1-3-17(4-2)14-11-10-13(15(18)16-14)21(19,20)12-8-6-5-7-9-12/h5-11H,3-4H2,1-2H3,(H,16,18). The Balaban J connectivity index is 2.50. The minimum atomic E-state index is -3.79. The Morgan fingerprint density at radius 3 is 2.14 bits per heavy atom. The zero-order chi connectivity index (χ0) is 15.5. The van der Waals surface area contributed by atoms with Crippen molar-refractivity contribution >= 4 is 15.7 Å². The van der Waals surface area contributed by atoms with Crippen LogP contribution >= 0.6 is 0 Å². The average Bonchev–Trinajstić information content (AvgIpc) is 2.49. The van der Waals surface area contributed by atoms with Gasteiger partial charge in [0.05, 0.1) is 4.90 Å². The van der Waals surface area contributed by atoms with Crippen molar-refractivity contribution in [1.82, 2.24) is 4.98 Å². The summed E-state index contributed by atoms with van der Waals surface area (Å²) in [6.45, 7) is 5.40. The maximum absolute atomic E-state index is 12.4. The molecule has 2 aromatic rings. The number of hydrogen-bond acceptors (Lipinski definition) is 4. The highest BCUT2D eigenvalue weighted by Crippen LogP contribution is 2.18. The molecule has 0 atom stereocenters. The lowest BCUT2D eigenvalue weighted by molar-refractivity contribution is 0.594. The van der Waals surface area contributed by atoms with Gasteiger partial charge in [-0.05, 0) is 38.1 Å². The molecule has 2 rings (SSSR count). The van der Waals surface area contributed by atoms with E-state index >= 15 is 0 Å². The number of benzene rings is 1. The van der Waals surface area contributed by atoms with Crippen LogP contribution in [0.25, 0.3) is 0 Å². The number of pyridine rings is 1. The van der Waals surface area contributed by atoms with E-state index in [4.69, 9.17) is 0 Å². The first-order valence-corrected chi connectivity index (χ1v) is 8.27. The van der Waals surface area contributed by atoms with E-state index in [1.807, 2.05) is 18.7 Å². The molecule has 0 amide bonds. The number of sulfone groups is 1. The lowest BCUT2D eigenvalue weighted by Gasteiger charge is -2.20. The van der Waals surface area contributed by atoms with Crippen LogP contribution in [0.15, 0.2) is 57.1 Å². The number of aromatic nitrogens is 1. The molecule has 0 aliphatic carbocycles. The predicted molar refractivity (Wildman–Crippen MR) is 82.5 cm³/mol. The SMILES string of the molecule is CCN(CC)c1ccc(S(=O)(=O)c2ccccc2)c(=O)[nH]1. The van der Waals surface area contributed by atoms with Gasteiger partial charge in [0.15, 0.2) is 0 Å². The highest BCUT2D eigenvalue weighted by Gasteiger charge is 2.21. The summed E-state index contributed by atoms with van der Waals surface area (Å²) in [5, 5.41) is 0. The lowest BCUT2D eigenvalue weighted by Crippen LogP contribution is -2.27. The normalized spacial score (nSPS) is 11.3. The Bertz CT molecular complexity index is 763. The van der Waals surface area contributed by atoms with Crippen molar-refractivity contribution < 1.29 is 8.42 Å². The van der Waals surface area contributed by atoms with Gasteiger partial charge in [-0.1, -0.05) is 18.2 Å². The van der Waals surface area contributed by atoms with Gasteiger partial charge < -0.3 is 9.88 Å². The van der Waals surface area contributed by atoms with Crippen molar-refractivity contribution in [1.29, 1.82) is 0 Å². The van der Waals surface area contributed by atoms with Gasteiger partial charge in [0.25, 0.3) is 5.56 Å². The molecule has 1 heterocycles. The lowest BCUT2D eigenvalue weighted by atomic mass is 10.4. The Labute approximate surface area is 124 Å². The summed E-state index contributed by atoms with van der Waals surface area (Å²) in [6.07, 6.45) is 0. The molecule has 1 aromatic heterocycles. The summed E-state index contributed by atoms with van der Waals surface area (Å²) >= 11 is 0. The molecule has 0 aliphatic heterocycles. The van der Waals surface area contributed by atoms with Gasteiger partial charge in [-0.3, -0.25) is 4.79 Å². The van der Waals surface area contributed by atoms with E-state index in [2.05, 4.69) is 4.98 Å². The zero-order valence-corrected chi connectivity index (χ0v) is 12.9. The van der Waals surface area contributed by atoms with E-state index in [1.165, 1.54) is 18.2 Å². The predicted octanol–water partition coefficient (Wildman–Crippen LogP) is 2.05. The molecule has 1 N–H and O–H groups in total. The summed E-state index contributed by atoms with van der Waals surface area (Å²) in [5.41, 5.74) is -0.594. The third kappa shape index (κ3) is 3.00. The topological polar surface area (TPSA) is 70.2 Å². The Kier molecular flexibility index (Phi) is 4.47. The van der Waals surface area contributed by atoms with Crippen LogP contribution in [-0.2, 0) is 9.84 Å². The van der Waals surface area contributed by atoms with Gasteiger partial charge in [-0.2, -0.15) is 0 Å². The number of anilines is 1. The fourth-order valence-electron chi connectivity index (χ4n) is 2.14. The van der Waals surface area contributed by atoms with E-state index in [1.54, 1.807) is 24.3 Å². The number of rotatable bonds is 5. The van der Waals surface area contributed by atoms with Crippen LogP contribution in [0.1, 0.15) is 13.8 Å². The number of hydrogen-bond donors (Lipinski definition) is 1. The first-order chi connectivity index (χ1) is 10.0. The molecule has 0 spiro atoms. The van der Waals surface area contributed by atoms with Gasteiger partial charge in [0.1, 0.15) is 10.7 Å². The number of nitrogens with one attached hydrogen (secondary N) is 1. The fraction of sp³-hybridized carbons (Fsp3) is 0.267. The van der Waals surface area contributed by atoms with Crippen LogP contribution in [0.2, 0.25) is 0 Å². The smallest absolute Gasteiger partial charge is 0.268 e. The highest BCUT2D eigenvalue weighted by atomic mass is 32.2. The maximum atomic E-state index is 12.4. The van der Waals surface area contributed by atoms with Crippen LogP contribution in [0.5, 0.6) is 0 Å². The molecule has 0 radical (unpaired) electrons. The second-order valence-corrected chi connectivity index (χ2v) is 6.44. The van der Waals surface area contributed by atoms with E-state index < -0.39 is 15.4 Å². The van der Waals surface area contributed by atoms with Gasteiger partial charge in [-0.15, -0.1) is 0 Å². The summed E-state index contributed by atoms with van der Waals surface area (Å²) in [5.74, 6) is 0.622. The Hall–Kier alpha value is -2.08. The second-order valence-electron chi connectivity index (χ2n) is 4.53. The van der Waals surface area contributed by atoms with Gasteiger partial charge in [0, 0.05) is 13.1 Å². The van der Waals surface area contributed by atoms with Crippen molar-refractivity contribution in [3.8, 4) is 0 Å². The molecule has 1 aromatic carbocycles. The molecule has 0 aliphatic rings. The third-order valence-corrected chi connectivity index (χ3v) is 5.10. The zero-order valence-electron chi connectivity index (χ0n) is 12.0. The minimum absolute atomic E-state index is 0.117. The molecule has 0 unspecified atom stereocenters.